The Labute approximate surface area is 86.8 Å². The molecule has 2 nitrogen and oxygen atoms in total. The summed E-state index contributed by atoms with van der Waals surface area (Å²) >= 11 is 0. The van der Waals surface area contributed by atoms with E-state index < -0.39 is 0 Å². The third-order valence-electron chi connectivity index (χ3n) is 1.82. The van der Waals surface area contributed by atoms with Gasteiger partial charge < -0.3 is 11.5 Å². The third kappa shape index (κ3) is 4.86. The molecule has 0 heterocycles. The summed E-state index contributed by atoms with van der Waals surface area (Å²) in [6, 6.07) is 0.879. The zero-order valence-corrected chi connectivity index (χ0v) is 5.14. The molecule has 1 fully saturated rings. The summed E-state index contributed by atoms with van der Waals surface area (Å²) in [6.45, 7) is 0. The van der Waals surface area contributed by atoms with Crippen LogP contribution in [0.3, 0.4) is 0 Å². The molecule has 0 aromatic carbocycles. The molecule has 1 rings (SSSR count). The van der Waals surface area contributed by atoms with E-state index in [4.69, 9.17) is 11.5 Å². The molecule has 0 saturated heterocycles. The van der Waals surface area contributed by atoms with Gasteiger partial charge in [-0.25, -0.2) is 0 Å². The molecule has 0 aliphatic heterocycles. The second-order valence-electron chi connectivity index (χ2n) is 2.67. The molecule has 0 atom stereocenters. The van der Waals surface area contributed by atoms with Crippen LogP contribution < -0.4 is 11.5 Å². The van der Waals surface area contributed by atoms with Crippen molar-refractivity contribution in [2.75, 3.05) is 0 Å². The van der Waals surface area contributed by atoms with E-state index in [1.165, 1.54) is 0 Å². The molecule has 0 radical (unpaired) electrons. The normalized spacial score (nSPS) is 31.8. The fourth-order valence-electron chi connectivity index (χ4n) is 1.14. The van der Waals surface area contributed by atoms with Crippen molar-refractivity contribution in [3.8, 4) is 0 Å². The molecule has 1 aliphatic carbocycles. The Morgan fingerprint density at radius 1 is 0.700 bits per heavy atom. The van der Waals surface area contributed by atoms with E-state index in [1.807, 2.05) is 0 Å². The van der Waals surface area contributed by atoms with Crippen molar-refractivity contribution < 1.29 is 0 Å². The molecule has 52 valence electrons. The second-order valence-corrected chi connectivity index (χ2v) is 2.67. The van der Waals surface area contributed by atoms with Gasteiger partial charge in [0.05, 0.1) is 0 Å². The minimum atomic E-state index is 0. The molecule has 0 amide bonds. The van der Waals surface area contributed by atoms with Crippen LogP contribution in [-0.4, -0.2) is 49.8 Å². The molecule has 4 heteroatoms. The van der Waals surface area contributed by atoms with E-state index in [0.29, 0.717) is 12.1 Å². The average Bonchev–Trinajstić information content (AvgIpc) is 1.77. The Morgan fingerprint density at radius 2 is 0.900 bits per heavy atom. The van der Waals surface area contributed by atoms with Crippen LogP contribution >= 0.6 is 0 Å². The first kappa shape index (κ1) is 13.7. The van der Waals surface area contributed by atoms with Gasteiger partial charge in [-0.3, -0.25) is 0 Å². The van der Waals surface area contributed by atoms with Gasteiger partial charge in [0.25, 0.3) is 0 Å². The average molecular weight is 130 g/mol. The van der Waals surface area contributed by atoms with E-state index in [2.05, 4.69) is 0 Å². The summed E-state index contributed by atoms with van der Waals surface area (Å²) in [4.78, 5) is 0. The molecular weight excluding hydrogens is 114 g/mol. The Balaban J connectivity index is 0. The standard InChI is InChI=1S/C6H14N2.2Li.2H/c7-5-1-2-6(8)4-3-5;;;;/h5-6H,1-4,7-8H2;;;;. The van der Waals surface area contributed by atoms with E-state index in [0.717, 1.165) is 25.7 Å². The molecule has 10 heavy (non-hydrogen) atoms. The quantitative estimate of drug-likeness (QED) is 0.410. The van der Waals surface area contributed by atoms with Crippen LogP contribution in [0.25, 0.3) is 0 Å². The van der Waals surface area contributed by atoms with Crippen LogP contribution in [0.4, 0.5) is 0 Å². The predicted molar refractivity (Wildman–Crippen MR) is 48.7 cm³/mol. The van der Waals surface area contributed by atoms with Crippen molar-refractivity contribution in [2.24, 2.45) is 11.5 Å². The van der Waals surface area contributed by atoms with E-state index >= 15 is 0 Å². The van der Waals surface area contributed by atoms with Crippen LogP contribution in [0, 0.1) is 0 Å². The van der Waals surface area contributed by atoms with E-state index in [9.17, 15) is 0 Å². The van der Waals surface area contributed by atoms with Gasteiger partial charge >= 0.3 is 37.7 Å². The number of hydrogen-bond acceptors (Lipinski definition) is 2. The van der Waals surface area contributed by atoms with Gasteiger partial charge in [-0.15, -0.1) is 0 Å². The van der Waals surface area contributed by atoms with Crippen molar-refractivity contribution in [3.63, 3.8) is 0 Å². The Hall–Kier alpha value is 1.11. The third-order valence-corrected chi connectivity index (χ3v) is 1.82. The molecule has 0 bridgehead atoms. The van der Waals surface area contributed by atoms with Gasteiger partial charge in [-0.05, 0) is 25.7 Å². The monoisotopic (exact) mass is 130 g/mol. The fourth-order valence-corrected chi connectivity index (χ4v) is 1.14. The first-order valence-electron chi connectivity index (χ1n) is 3.30. The SMILES string of the molecule is NC1CCC(N)CC1.[LiH].[LiH]. The van der Waals surface area contributed by atoms with E-state index in [-0.39, 0.29) is 37.7 Å². The maximum absolute atomic E-state index is 5.64. The molecule has 1 aliphatic rings. The summed E-state index contributed by atoms with van der Waals surface area (Å²) in [5, 5.41) is 0. The number of nitrogens with two attached hydrogens (primary N) is 2. The van der Waals surface area contributed by atoms with Crippen molar-refractivity contribution in [2.45, 2.75) is 37.8 Å². The summed E-state index contributed by atoms with van der Waals surface area (Å²) in [5.41, 5.74) is 11.3. The van der Waals surface area contributed by atoms with Gasteiger partial charge in [-0.2, -0.15) is 0 Å². The maximum atomic E-state index is 5.64. The number of hydrogen-bond donors (Lipinski definition) is 2. The van der Waals surface area contributed by atoms with Crippen LogP contribution in [0.1, 0.15) is 25.7 Å². The van der Waals surface area contributed by atoms with Gasteiger partial charge in [-0.1, -0.05) is 0 Å². The number of rotatable bonds is 0. The molecule has 0 unspecified atom stereocenters. The summed E-state index contributed by atoms with van der Waals surface area (Å²) in [7, 11) is 0. The van der Waals surface area contributed by atoms with E-state index in [1.54, 1.807) is 0 Å². The molecule has 0 spiro atoms. The fraction of sp³-hybridized carbons (Fsp3) is 1.00. The first-order valence-corrected chi connectivity index (χ1v) is 3.30. The van der Waals surface area contributed by atoms with Crippen molar-refractivity contribution >= 4 is 37.7 Å². The second kappa shape index (κ2) is 6.80. The summed E-state index contributed by atoms with van der Waals surface area (Å²) in [5.74, 6) is 0. The molecule has 0 aromatic rings. The summed E-state index contributed by atoms with van der Waals surface area (Å²) in [6.07, 6.45) is 4.50. The van der Waals surface area contributed by atoms with Crippen molar-refractivity contribution in [1.82, 2.24) is 0 Å². The van der Waals surface area contributed by atoms with Crippen molar-refractivity contribution in [3.05, 3.63) is 0 Å². The van der Waals surface area contributed by atoms with Crippen LogP contribution in [0.5, 0.6) is 0 Å². The topological polar surface area (TPSA) is 52.0 Å². The van der Waals surface area contributed by atoms with Crippen molar-refractivity contribution in [1.29, 1.82) is 0 Å². The molecule has 4 N–H and O–H groups in total. The van der Waals surface area contributed by atoms with Gasteiger partial charge in [0.15, 0.2) is 0 Å². The predicted octanol–water partition coefficient (Wildman–Crippen LogP) is -1.08. The van der Waals surface area contributed by atoms with Gasteiger partial charge in [0, 0.05) is 12.1 Å². The van der Waals surface area contributed by atoms with Crippen LogP contribution in [0.2, 0.25) is 0 Å². The zero-order chi connectivity index (χ0) is 5.98. The van der Waals surface area contributed by atoms with Crippen LogP contribution in [0.15, 0.2) is 0 Å². The Morgan fingerprint density at radius 3 is 1.10 bits per heavy atom. The summed E-state index contributed by atoms with van der Waals surface area (Å²) < 4.78 is 0. The first-order chi connectivity index (χ1) is 3.79. The molecule has 1 saturated carbocycles. The van der Waals surface area contributed by atoms with Gasteiger partial charge in [0.2, 0.25) is 0 Å². The Kier molecular flexibility index (Phi) is 9.31. The Bertz CT molecular complexity index is 62.1. The minimum absolute atomic E-state index is 0. The molecular formula is C6H16Li2N2. The molecule has 0 aromatic heterocycles. The van der Waals surface area contributed by atoms with Crippen LogP contribution in [-0.2, 0) is 0 Å². The zero-order valence-electron chi connectivity index (χ0n) is 5.14. The van der Waals surface area contributed by atoms with Gasteiger partial charge in [0.1, 0.15) is 0 Å².